The smallest absolute Gasteiger partial charge is 0.212 e. The molecule has 0 radical (unpaired) electrons. The van der Waals surface area contributed by atoms with Crippen LogP contribution in [-0.4, -0.2) is 32.5 Å². The van der Waals surface area contributed by atoms with Crippen LogP contribution in [0.25, 0.3) is 45.0 Å². The summed E-state index contributed by atoms with van der Waals surface area (Å²) < 4.78 is 63.0. The van der Waals surface area contributed by atoms with Crippen LogP contribution in [0.4, 0.5) is 45.5 Å². The minimum Gasteiger partial charge on any atom is -0.353 e. The van der Waals surface area contributed by atoms with Crippen molar-refractivity contribution in [3.8, 4) is 45.0 Å². The van der Waals surface area contributed by atoms with E-state index in [9.17, 15) is 0 Å². The Hall–Kier alpha value is -12.7. The first kappa shape index (κ1) is 77.6. The van der Waals surface area contributed by atoms with Gasteiger partial charge in [0, 0.05) is 129 Å². The summed E-state index contributed by atoms with van der Waals surface area (Å²) in [7, 11) is 10.3. The summed E-state index contributed by atoms with van der Waals surface area (Å²) in [5.74, 6) is 0. The molecule has 0 saturated carbocycles. The number of pyridine rings is 4. The molecular weight excluding hydrogens is 1450 g/mol. The van der Waals surface area contributed by atoms with Crippen molar-refractivity contribution < 1.29 is 27.9 Å². The van der Waals surface area contributed by atoms with Crippen molar-refractivity contribution in [2.45, 2.75) is 141 Å². The van der Waals surface area contributed by atoms with E-state index in [2.05, 4.69) is 343 Å². The predicted octanol–water partition coefficient (Wildman–Crippen LogP) is 24.2. The fraction of sp³-hybridized carbons (Fsp3) is 0.248. The van der Waals surface area contributed by atoms with Gasteiger partial charge in [-0.25, -0.2) is 18.3 Å². The SMILES string of the molecule is CCc1cc[n+](C)c(-c2ccccc2C)c1.CCc1ccc(-c2ccccc2C)[n+](C)c1.Cc1ccccc1N1C=CN(c2ccccc2)[C@@H]1C.Cc1ccccc1N1c2ccccc2N(C)[C@@H]1C.[2H]C([2H])(C)c1cc[n+](C)c(-c2ccccc2C)c1.[2H]C([2H])(C)c1ccc(-c2ccccc2C)[n+](C)c1.[2H]C([2H])([2H])N1c2ccccc2N(c2ccccc2C)[C@H]1C. The second-order valence-corrected chi connectivity index (χ2v) is 30.8. The molecule has 3 aliphatic heterocycles. The van der Waals surface area contributed by atoms with Gasteiger partial charge in [0.2, 0.25) is 22.8 Å². The van der Waals surface area contributed by atoms with Gasteiger partial charge in [0.05, 0.1) is 22.7 Å². The lowest BCUT2D eigenvalue weighted by molar-refractivity contribution is -0.660. The first-order valence-corrected chi connectivity index (χ1v) is 41.6. The molecule has 17 rings (SSSR count). The molecule has 10 heteroatoms. The van der Waals surface area contributed by atoms with E-state index in [4.69, 9.17) is 9.60 Å². The van der Waals surface area contributed by atoms with Gasteiger partial charge < -0.3 is 29.4 Å². The molecule has 3 atom stereocenters. The Balaban J connectivity index is 0.000000143. The summed E-state index contributed by atoms with van der Waals surface area (Å²) in [6.07, 6.45) is 12.4. The monoisotopic (exact) mass is 1580 g/mol. The van der Waals surface area contributed by atoms with Crippen molar-refractivity contribution in [2.24, 2.45) is 28.2 Å². The molecule has 119 heavy (non-hydrogen) atoms. The average Bonchev–Trinajstić information content (AvgIpc) is 1.59. The van der Waals surface area contributed by atoms with E-state index in [1.807, 2.05) is 153 Å². The summed E-state index contributed by atoms with van der Waals surface area (Å²) in [5, 5.41) is 0. The molecule has 4 aromatic heterocycles. The quantitative estimate of drug-likeness (QED) is 0.113. The predicted molar refractivity (Wildman–Crippen MR) is 505 cm³/mol. The Morgan fingerprint density at radius 3 is 1.03 bits per heavy atom. The molecular formula is C109H126N10+4. The number of aromatic nitrogens is 4. The number of hydrogen-bond donors (Lipinski definition) is 0. The number of rotatable bonds is 12. The molecule has 0 N–H and O–H groups in total. The third kappa shape index (κ3) is 21.0. The van der Waals surface area contributed by atoms with Gasteiger partial charge in [0.15, 0.2) is 24.8 Å². The van der Waals surface area contributed by atoms with Crippen LogP contribution in [0.15, 0.2) is 334 Å². The van der Waals surface area contributed by atoms with E-state index in [0.717, 1.165) is 52.4 Å². The summed E-state index contributed by atoms with van der Waals surface area (Å²) in [6, 6.07) is 102. The Morgan fingerprint density at radius 2 is 0.622 bits per heavy atom. The highest BCUT2D eigenvalue weighted by atomic mass is 15.4. The van der Waals surface area contributed by atoms with Gasteiger partial charge in [-0.1, -0.05) is 198 Å². The van der Waals surface area contributed by atoms with Crippen LogP contribution in [-0.2, 0) is 53.8 Å². The van der Waals surface area contributed by atoms with Gasteiger partial charge in [-0.2, -0.15) is 0 Å². The highest BCUT2D eigenvalue weighted by molar-refractivity contribution is 5.85. The van der Waals surface area contributed by atoms with Gasteiger partial charge in [-0.05, 0) is 236 Å². The lowest BCUT2D eigenvalue weighted by Crippen LogP contribution is -2.36. The van der Waals surface area contributed by atoms with Crippen molar-refractivity contribution in [2.75, 3.05) is 43.4 Å². The fourth-order valence-corrected chi connectivity index (χ4v) is 15.5. The third-order valence-corrected chi connectivity index (χ3v) is 22.8. The van der Waals surface area contributed by atoms with Crippen LogP contribution in [0.2, 0.25) is 0 Å². The van der Waals surface area contributed by atoms with E-state index in [1.54, 1.807) is 13.8 Å². The molecule has 0 spiro atoms. The standard InChI is InChI=1S/C17H18N2.2C16H18N2.4C15H18N/c1-14-8-6-7-11-17(14)19-13-12-18(15(19)2)16-9-4-3-5-10-16;2*1-12-8-4-5-9-14(12)18-13(2)17(3)15-10-6-7-11-16(15)18;2*1-4-13-9-10-16(3)15(11-13)14-8-6-5-7-12(14)2;2*1-4-13-9-10-15(16(3)11-13)14-8-6-5-7-12(14)2/h3-13,15H,1-2H3;2*4-11,13H,1-3H3;4*5-11H,4H2,1-3H3/q;;;4*+1/t15-;2*13-;;;;/m000..../s1/i;3D3;;4D2;;4D2;. The summed E-state index contributed by atoms with van der Waals surface area (Å²) in [6.45, 7) is 26.6. The van der Waals surface area contributed by atoms with Gasteiger partial charge in [-0.15, -0.1) is 0 Å². The van der Waals surface area contributed by atoms with E-state index < -0.39 is 19.7 Å². The second-order valence-electron chi connectivity index (χ2n) is 30.8. The Morgan fingerprint density at radius 1 is 0.294 bits per heavy atom. The second kappa shape index (κ2) is 41.4. The largest absolute Gasteiger partial charge is 0.353 e. The average molecular weight is 1580 g/mol. The summed E-state index contributed by atoms with van der Waals surface area (Å²) in [5.41, 5.74) is 31.8. The van der Waals surface area contributed by atoms with Gasteiger partial charge in [0.1, 0.15) is 46.7 Å². The molecule has 0 aliphatic carbocycles. The first-order valence-electron chi connectivity index (χ1n) is 45.1. The van der Waals surface area contributed by atoms with Crippen molar-refractivity contribution in [3.05, 3.63) is 396 Å². The van der Waals surface area contributed by atoms with Crippen LogP contribution in [0, 0.1) is 48.5 Å². The Labute approximate surface area is 722 Å². The molecule has 0 saturated heterocycles. The molecule has 10 nitrogen and oxygen atoms in total. The van der Waals surface area contributed by atoms with Crippen LogP contribution in [0.1, 0.15) is 119 Å². The molecule has 0 unspecified atom stereocenters. The zero-order valence-electron chi connectivity index (χ0n) is 80.4. The normalized spacial score (nSPS) is 15.2. The van der Waals surface area contributed by atoms with Gasteiger partial charge in [0.25, 0.3) is 0 Å². The molecule has 0 bridgehead atoms. The van der Waals surface area contributed by atoms with Crippen LogP contribution in [0.5, 0.6) is 0 Å². The lowest BCUT2D eigenvalue weighted by Gasteiger charge is -2.30. The molecule has 608 valence electrons. The topological polar surface area (TPSA) is 35.0 Å². The number of anilines is 8. The van der Waals surface area contributed by atoms with Crippen molar-refractivity contribution in [1.82, 2.24) is 0 Å². The number of aryl methyl sites for hydroxylation is 15. The lowest BCUT2D eigenvalue weighted by atomic mass is 10.0. The minimum atomic E-state index is -2.16. The number of benzene rings is 10. The minimum absolute atomic E-state index is 0.254. The summed E-state index contributed by atoms with van der Waals surface area (Å²) in [4.78, 5) is 12.9. The van der Waals surface area contributed by atoms with Crippen LogP contribution < -0.4 is 47.7 Å². The maximum atomic E-state index is 7.83. The van der Waals surface area contributed by atoms with E-state index >= 15 is 0 Å². The van der Waals surface area contributed by atoms with Crippen molar-refractivity contribution in [1.29, 1.82) is 0 Å². The molecule has 14 aromatic rings. The maximum absolute atomic E-state index is 7.83. The van der Waals surface area contributed by atoms with E-state index in [0.29, 0.717) is 23.5 Å². The molecule has 3 aliphatic rings. The number of para-hydroxylation sites is 8. The van der Waals surface area contributed by atoms with Crippen molar-refractivity contribution in [3.63, 3.8) is 0 Å². The first-order chi connectivity index (χ1) is 60.1. The fourth-order valence-electron chi connectivity index (χ4n) is 15.5. The number of fused-ring (bicyclic) bond motifs is 2. The molecule has 10 aromatic carbocycles. The van der Waals surface area contributed by atoms with E-state index in [1.165, 1.54) is 106 Å². The van der Waals surface area contributed by atoms with Crippen LogP contribution >= 0.6 is 0 Å². The highest BCUT2D eigenvalue weighted by Gasteiger charge is 2.34. The number of nitrogens with zero attached hydrogens (tertiary/aromatic N) is 10. The number of hydrogen-bond acceptors (Lipinski definition) is 6. The summed E-state index contributed by atoms with van der Waals surface area (Å²) >= 11 is 0. The zero-order chi connectivity index (χ0) is 90.9. The maximum Gasteiger partial charge on any atom is 0.212 e. The van der Waals surface area contributed by atoms with Crippen LogP contribution in [0.3, 0.4) is 0 Å². The Kier molecular flexibility index (Phi) is 27.0. The van der Waals surface area contributed by atoms with Gasteiger partial charge >= 0.3 is 0 Å². The molecule has 7 heterocycles. The van der Waals surface area contributed by atoms with Crippen molar-refractivity contribution >= 4 is 45.5 Å². The van der Waals surface area contributed by atoms with E-state index in [-0.39, 0.29) is 6.17 Å². The Bertz CT molecular complexity index is 6030. The van der Waals surface area contributed by atoms with Gasteiger partial charge in [-0.3, -0.25) is 0 Å². The highest BCUT2D eigenvalue weighted by Crippen LogP contribution is 2.46. The zero-order valence-corrected chi connectivity index (χ0v) is 73.4. The third-order valence-electron chi connectivity index (χ3n) is 22.8. The molecule has 0 amide bonds. The molecule has 0 fully saturated rings.